The summed E-state index contributed by atoms with van der Waals surface area (Å²) < 4.78 is 2.03. The van der Waals surface area contributed by atoms with Gasteiger partial charge in [0.25, 0.3) is 0 Å². The van der Waals surface area contributed by atoms with Gasteiger partial charge in [0.05, 0.1) is 9.73 Å². The fourth-order valence-corrected chi connectivity index (χ4v) is 4.97. The number of aryl methyl sites for hydroxylation is 1. The van der Waals surface area contributed by atoms with E-state index in [-0.39, 0.29) is 0 Å². The predicted octanol–water partition coefficient (Wildman–Crippen LogP) is 5.23. The summed E-state index contributed by atoms with van der Waals surface area (Å²) in [5.74, 6) is 0.919. The van der Waals surface area contributed by atoms with Gasteiger partial charge in [0.2, 0.25) is 0 Å². The molecule has 130 valence electrons. The number of thiazole rings is 1. The lowest BCUT2D eigenvalue weighted by atomic mass is 10.1. The Labute approximate surface area is 171 Å². The topological polar surface area (TPSA) is 30.7 Å². The van der Waals surface area contributed by atoms with Gasteiger partial charge < -0.3 is 4.57 Å². The van der Waals surface area contributed by atoms with E-state index in [1.165, 1.54) is 0 Å². The number of allylic oxidation sites excluding steroid dienone is 1. The fourth-order valence-electron chi connectivity index (χ4n) is 3.32. The van der Waals surface area contributed by atoms with Crippen LogP contribution in [0.3, 0.4) is 0 Å². The monoisotopic (exact) mass is 403 g/mol. The molecule has 0 amide bonds. The summed E-state index contributed by atoms with van der Waals surface area (Å²) in [4.78, 5) is 12.1. The molecule has 1 aliphatic rings. The van der Waals surface area contributed by atoms with Gasteiger partial charge in [0.15, 0.2) is 10.5 Å². The summed E-state index contributed by atoms with van der Waals surface area (Å²) in [6.45, 7) is 0. The zero-order chi connectivity index (χ0) is 18.5. The van der Waals surface area contributed by atoms with Gasteiger partial charge in [-0.1, -0.05) is 90.4 Å². The molecule has 0 bridgehead atoms. The largest absolute Gasteiger partial charge is 0.311 e. The number of imidazole rings is 1. The molecular weight excluding hydrogens is 390 g/mol. The first-order chi connectivity index (χ1) is 13.1. The van der Waals surface area contributed by atoms with Crippen molar-refractivity contribution in [3.63, 3.8) is 0 Å². The fraction of sp³-hybridized carbons (Fsp3) is 0.0476. The Balaban J connectivity index is 1.57. The van der Waals surface area contributed by atoms with E-state index in [0.29, 0.717) is 0 Å². The van der Waals surface area contributed by atoms with Crippen LogP contribution in [0.25, 0.3) is 27.9 Å². The van der Waals surface area contributed by atoms with Crippen molar-refractivity contribution in [1.29, 1.82) is 0 Å². The van der Waals surface area contributed by atoms with Crippen LogP contribution in [0.1, 0.15) is 16.1 Å². The van der Waals surface area contributed by atoms with Crippen molar-refractivity contribution in [2.24, 2.45) is 7.05 Å². The van der Waals surface area contributed by atoms with Crippen LogP contribution in [-0.2, 0) is 7.05 Å². The maximum atomic E-state index is 5.64. The molecule has 0 aliphatic heterocycles. The average Bonchev–Trinajstić information content (AvgIpc) is 3.31. The van der Waals surface area contributed by atoms with Crippen molar-refractivity contribution in [2.75, 3.05) is 0 Å². The van der Waals surface area contributed by atoms with Crippen molar-refractivity contribution in [2.45, 2.75) is 0 Å². The second-order valence-corrected chi connectivity index (χ2v) is 8.13. The normalized spacial score (nSPS) is 13.4. The summed E-state index contributed by atoms with van der Waals surface area (Å²) in [6.07, 6.45) is 2.00. The summed E-state index contributed by atoms with van der Waals surface area (Å²) in [5.41, 5.74) is 4.93. The molecule has 6 heteroatoms. The Kier molecular flexibility index (Phi) is 3.86. The van der Waals surface area contributed by atoms with E-state index < -0.39 is 0 Å². The highest BCUT2D eigenvalue weighted by Crippen LogP contribution is 2.32. The maximum absolute atomic E-state index is 5.64. The summed E-state index contributed by atoms with van der Waals surface area (Å²) in [6, 6.07) is 18.2. The molecule has 0 radical (unpaired) electrons. The molecule has 1 aliphatic carbocycles. The Morgan fingerprint density at radius 1 is 0.889 bits per heavy atom. The lowest BCUT2D eigenvalue weighted by Crippen LogP contribution is -1.98. The molecule has 0 N–H and O–H groups in total. The second-order valence-electron chi connectivity index (χ2n) is 6.30. The molecule has 0 unspecified atom stereocenters. The highest BCUT2D eigenvalue weighted by Gasteiger charge is 2.26. The van der Waals surface area contributed by atoms with E-state index in [1.54, 1.807) is 11.3 Å². The first kappa shape index (κ1) is 16.6. The third kappa shape index (κ3) is 2.60. The molecule has 27 heavy (non-hydrogen) atoms. The van der Waals surface area contributed by atoms with E-state index in [1.807, 2.05) is 60.2 Å². The van der Waals surface area contributed by atoms with Crippen LogP contribution in [-0.4, -0.2) is 24.3 Å². The Hall–Kier alpha value is -2.54. The van der Waals surface area contributed by atoms with Crippen LogP contribution in [0.5, 0.6) is 0 Å². The van der Waals surface area contributed by atoms with Crippen molar-refractivity contribution >= 4 is 62.1 Å². The van der Waals surface area contributed by atoms with Gasteiger partial charge in [-0.3, -0.25) is 0 Å². The van der Waals surface area contributed by atoms with Gasteiger partial charge >= 0.3 is 0 Å². The molecule has 2 heterocycles. The van der Waals surface area contributed by atoms with E-state index in [0.717, 1.165) is 53.3 Å². The third-order valence-electron chi connectivity index (χ3n) is 4.66. The van der Waals surface area contributed by atoms with Crippen LogP contribution in [0.4, 0.5) is 0 Å². The molecule has 5 rings (SSSR count). The van der Waals surface area contributed by atoms with E-state index in [2.05, 4.69) is 12.1 Å². The molecule has 3 nitrogen and oxygen atoms in total. The van der Waals surface area contributed by atoms with Gasteiger partial charge in [0.1, 0.15) is 10.8 Å². The van der Waals surface area contributed by atoms with Gasteiger partial charge in [-0.05, 0) is 6.08 Å². The average molecular weight is 404 g/mol. The number of benzene rings is 2. The van der Waals surface area contributed by atoms with Crippen molar-refractivity contribution in [3.8, 4) is 11.4 Å². The highest BCUT2D eigenvalue weighted by molar-refractivity contribution is 7.84. The van der Waals surface area contributed by atoms with Crippen molar-refractivity contribution in [3.05, 3.63) is 76.3 Å². The first-order valence-corrected chi connectivity index (χ1v) is 10.1. The van der Waals surface area contributed by atoms with E-state index in [9.17, 15) is 0 Å². The van der Waals surface area contributed by atoms with Crippen LogP contribution in [0, 0.1) is 0 Å². The minimum Gasteiger partial charge on any atom is -0.311 e. The SMILES string of the molecule is Cn1c(-c2ccccc2)nc2sc(C=C3C(=S)c4ccccc4C3=S)nc21. The van der Waals surface area contributed by atoms with Crippen molar-refractivity contribution < 1.29 is 0 Å². The van der Waals surface area contributed by atoms with E-state index in [4.69, 9.17) is 34.4 Å². The summed E-state index contributed by atoms with van der Waals surface area (Å²) in [7, 11) is 2.00. The minimum atomic E-state index is 0.799. The molecule has 0 saturated heterocycles. The van der Waals surface area contributed by atoms with Gasteiger partial charge in [-0.15, -0.1) is 0 Å². The Morgan fingerprint density at radius 3 is 2.15 bits per heavy atom. The molecule has 2 aromatic heterocycles. The highest BCUT2D eigenvalue weighted by atomic mass is 32.1. The lowest BCUT2D eigenvalue weighted by Gasteiger charge is -2.01. The Bertz CT molecular complexity index is 1230. The predicted molar refractivity (Wildman–Crippen MR) is 120 cm³/mol. The number of thiocarbonyl (C=S) groups is 2. The number of rotatable bonds is 2. The molecule has 0 atom stereocenters. The van der Waals surface area contributed by atoms with Gasteiger partial charge in [0, 0.05) is 29.3 Å². The number of fused-ring (bicyclic) bond motifs is 2. The van der Waals surface area contributed by atoms with Gasteiger partial charge in [-0.25, -0.2) is 9.97 Å². The summed E-state index contributed by atoms with van der Waals surface area (Å²) in [5, 5.41) is 0.871. The smallest absolute Gasteiger partial charge is 0.172 e. The second kappa shape index (κ2) is 6.27. The molecular formula is C21H13N3S3. The van der Waals surface area contributed by atoms with Crippen LogP contribution >= 0.6 is 35.8 Å². The molecule has 0 saturated carbocycles. The van der Waals surface area contributed by atoms with Crippen molar-refractivity contribution in [1.82, 2.24) is 14.5 Å². The lowest BCUT2D eigenvalue weighted by molar-refractivity contribution is 0.942. The standard InChI is InChI=1S/C21H13N3S3/c1-24-19(12-7-3-2-4-8-12)23-21-20(24)22-16(27-21)11-15-17(25)13-9-5-6-10-14(13)18(15)26/h2-11H,1H3. The zero-order valence-electron chi connectivity index (χ0n) is 14.3. The third-order valence-corrected chi connectivity index (χ3v) is 6.42. The molecule has 0 fully saturated rings. The minimum absolute atomic E-state index is 0.799. The number of hydrogen-bond donors (Lipinski definition) is 0. The molecule has 2 aromatic carbocycles. The first-order valence-electron chi connectivity index (χ1n) is 8.42. The zero-order valence-corrected chi connectivity index (χ0v) is 16.8. The number of aromatic nitrogens is 3. The number of hydrogen-bond acceptors (Lipinski definition) is 5. The van der Waals surface area contributed by atoms with Gasteiger partial charge in [-0.2, -0.15) is 0 Å². The quantitative estimate of drug-likeness (QED) is 0.339. The number of nitrogens with zero attached hydrogens (tertiary/aromatic N) is 3. The summed E-state index contributed by atoms with van der Waals surface area (Å²) >= 11 is 12.8. The molecule has 0 spiro atoms. The van der Waals surface area contributed by atoms with E-state index >= 15 is 0 Å². The Morgan fingerprint density at radius 2 is 1.52 bits per heavy atom. The van der Waals surface area contributed by atoms with Crippen LogP contribution in [0.2, 0.25) is 0 Å². The van der Waals surface area contributed by atoms with Crippen LogP contribution < -0.4 is 0 Å². The molecule has 4 aromatic rings. The van der Waals surface area contributed by atoms with Crippen LogP contribution in [0.15, 0.2) is 60.2 Å². The maximum Gasteiger partial charge on any atom is 0.172 e.